The Bertz CT molecular complexity index is 3160. The van der Waals surface area contributed by atoms with Gasteiger partial charge in [-0.05, 0) is 60.7 Å². The van der Waals surface area contributed by atoms with Gasteiger partial charge < -0.3 is 4.57 Å². The molecule has 11 rings (SSSR count). The summed E-state index contributed by atoms with van der Waals surface area (Å²) in [5.74, 6) is 1.74. The van der Waals surface area contributed by atoms with Crippen molar-refractivity contribution in [2.24, 2.45) is 0 Å². The van der Waals surface area contributed by atoms with E-state index >= 15 is 0 Å². The molecular formula is C51H39N7S. The lowest BCUT2D eigenvalue weighted by atomic mass is 10.0. The Hall–Kier alpha value is -7.42. The maximum atomic E-state index is 5.28. The van der Waals surface area contributed by atoms with Crippen molar-refractivity contribution in [1.82, 2.24) is 34.1 Å². The van der Waals surface area contributed by atoms with E-state index in [0.717, 1.165) is 82.9 Å². The van der Waals surface area contributed by atoms with Crippen LogP contribution in [0, 0.1) is 0 Å². The van der Waals surface area contributed by atoms with Gasteiger partial charge in [0.25, 0.3) is 0 Å². The van der Waals surface area contributed by atoms with E-state index in [1.165, 1.54) is 0 Å². The maximum absolute atomic E-state index is 5.28. The smallest absolute Gasteiger partial charge is 0.238 e. The first-order valence-electron chi connectivity index (χ1n) is 19.6. The highest BCUT2D eigenvalue weighted by Crippen LogP contribution is 2.43. The van der Waals surface area contributed by atoms with Crippen LogP contribution in [0.25, 0.3) is 101 Å². The average Bonchev–Trinajstić information content (AvgIpc) is 3.83. The highest BCUT2D eigenvalue weighted by Gasteiger charge is 2.24. The van der Waals surface area contributed by atoms with Crippen LogP contribution in [-0.4, -0.2) is 34.1 Å². The molecule has 0 unspecified atom stereocenters. The molecule has 0 aliphatic rings. The molecule has 11 aromatic rings. The van der Waals surface area contributed by atoms with Crippen LogP contribution in [0.2, 0.25) is 0 Å². The fourth-order valence-corrected chi connectivity index (χ4v) is 7.94. The molecule has 0 N–H and O–H groups in total. The number of hydrogen-bond acceptors (Lipinski definition) is 5. The summed E-state index contributed by atoms with van der Waals surface area (Å²) >= 11 is 0. The molecule has 5 heterocycles. The van der Waals surface area contributed by atoms with Crippen LogP contribution in [0.3, 0.4) is 0 Å². The van der Waals surface area contributed by atoms with Crippen molar-refractivity contribution in [2.75, 3.05) is 0 Å². The Kier molecular flexibility index (Phi) is 9.98. The Balaban J connectivity index is 0.00000148. The van der Waals surface area contributed by atoms with Crippen LogP contribution < -0.4 is 0 Å². The van der Waals surface area contributed by atoms with Gasteiger partial charge in [0.1, 0.15) is 0 Å². The van der Waals surface area contributed by atoms with E-state index in [9.17, 15) is 0 Å². The first kappa shape index (κ1) is 37.2. The summed E-state index contributed by atoms with van der Waals surface area (Å²) < 4.78 is 4.61. The van der Waals surface area contributed by atoms with E-state index in [1.807, 2.05) is 111 Å². The van der Waals surface area contributed by atoms with Crippen molar-refractivity contribution in [3.8, 4) is 56.9 Å². The molecule has 6 aromatic carbocycles. The summed E-state index contributed by atoms with van der Waals surface area (Å²) in [6, 6.07) is 60.6. The van der Waals surface area contributed by atoms with Crippen molar-refractivity contribution in [3.05, 3.63) is 188 Å². The van der Waals surface area contributed by atoms with E-state index < -0.39 is 0 Å². The molecule has 0 radical (unpaired) electrons. The molecule has 0 fully saturated rings. The summed E-state index contributed by atoms with van der Waals surface area (Å²) in [6.07, 6.45) is 3.68. The summed E-state index contributed by atoms with van der Waals surface area (Å²) in [6.45, 7) is 4.00. The van der Waals surface area contributed by atoms with Crippen molar-refractivity contribution in [3.63, 3.8) is 0 Å². The van der Waals surface area contributed by atoms with Gasteiger partial charge in [-0.15, -0.1) is 0 Å². The molecule has 284 valence electrons. The van der Waals surface area contributed by atoms with Gasteiger partial charge in [0.2, 0.25) is 5.95 Å². The standard InChI is InChI=1S/C49H31N7.C2H6.H2S/c1-4-14-32(15-5-1)47-52-48(33-16-6-2-7-17-33)54-49(53-47)56-44-27-23-35(42-21-11-13-29-51-42)31-40(44)38-25-24-37-39-30-34(41-20-10-12-28-50-41)22-26-43(39)55(45(37)46(38)56)36-18-8-3-9-19-36;1-2;/h1-31H;1-2H3;1H2. The SMILES string of the molecule is CC.S.c1ccc(-c2nc(-c3ccccc3)nc(-n3c4ccc(-c5ccccn5)cc4c4ccc5c6cc(-c7ccccn7)ccc6n(-c6ccccc6)c5c43)n2)cc1. The Morgan fingerprint density at radius 2 is 0.814 bits per heavy atom. The normalized spacial score (nSPS) is 11.1. The zero-order chi connectivity index (χ0) is 39.0. The van der Waals surface area contributed by atoms with Gasteiger partial charge in [0.05, 0.1) is 33.5 Å². The monoisotopic (exact) mass is 781 g/mol. The molecule has 0 spiro atoms. The van der Waals surface area contributed by atoms with Gasteiger partial charge in [-0.25, -0.2) is 4.98 Å². The van der Waals surface area contributed by atoms with E-state index in [2.05, 4.69) is 100 Å². The van der Waals surface area contributed by atoms with Gasteiger partial charge in [0, 0.05) is 61.9 Å². The average molecular weight is 782 g/mol. The topological polar surface area (TPSA) is 74.3 Å². The molecule has 0 aliphatic carbocycles. The lowest BCUT2D eigenvalue weighted by molar-refractivity contribution is 0.953. The first-order valence-corrected chi connectivity index (χ1v) is 19.6. The highest BCUT2D eigenvalue weighted by molar-refractivity contribution is 7.59. The quantitative estimate of drug-likeness (QED) is 0.168. The van der Waals surface area contributed by atoms with Crippen LogP contribution in [0.4, 0.5) is 0 Å². The van der Waals surface area contributed by atoms with Crippen molar-refractivity contribution >= 4 is 57.1 Å². The summed E-state index contributed by atoms with van der Waals surface area (Å²) in [7, 11) is 0. The van der Waals surface area contributed by atoms with Crippen LogP contribution in [0.15, 0.2) is 188 Å². The molecule has 0 amide bonds. The summed E-state index contributed by atoms with van der Waals surface area (Å²) in [5.41, 5.74) is 10.9. The molecular weight excluding hydrogens is 743 g/mol. The van der Waals surface area contributed by atoms with E-state index in [0.29, 0.717) is 17.6 Å². The number of para-hydroxylation sites is 1. The predicted molar refractivity (Wildman–Crippen MR) is 248 cm³/mol. The zero-order valence-electron chi connectivity index (χ0n) is 32.5. The first-order chi connectivity index (χ1) is 28.8. The molecule has 5 aromatic heterocycles. The second kappa shape index (κ2) is 15.8. The fourth-order valence-electron chi connectivity index (χ4n) is 7.94. The molecule has 0 aliphatic heterocycles. The molecule has 0 atom stereocenters. The third-order valence-corrected chi connectivity index (χ3v) is 10.5. The number of aromatic nitrogens is 7. The lowest BCUT2D eigenvalue weighted by Gasteiger charge is -2.13. The summed E-state index contributed by atoms with van der Waals surface area (Å²) in [4.78, 5) is 25.0. The molecule has 8 heteroatoms. The minimum Gasteiger partial charge on any atom is -0.307 e. The Labute approximate surface area is 348 Å². The van der Waals surface area contributed by atoms with Crippen molar-refractivity contribution in [1.29, 1.82) is 0 Å². The minimum absolute atomic E-state index is 0. The number of hydrogen-bond donors (Lipinski definition) is 0. The number of benzene rings is 6. The zero-order valence-corrected chi connectivity index (χ0v) is 33.5. The van der Waals surface area contributed by atoms with Crippen molar-refractivity contribution < 1.29 is 0 Å². The number of fused-ring (bicyclic) bond motifs is 7. The molecule has 0 bridgehead atoms. The van der Waals surface area contributed by atoms with Crippen LogP contribution in [0.5, 0.6) is 0 Å². The van der Waals surface area contributed by atoms with Crippen LogP contribution >= 0.6 is 13.5 Å². The van der Waals surface area contributed by atoms with Gasteiger partial charge in [0.15, 0.2) is 11.6 Å². The largest absolute Gasteiger partial charge is 0.307 e. The molecule has 0 saturated heterocycles. The predicted octanol–water partition coefficient (Wildman–Crippen LogP) is 12.7. The number of pyridine rings is 2. The lowest BCUT2D eigenvalue weighted by Crippen LogP contribution is -2.07. The van der Waals surface area contributed by atoms with E-state index in [4.69, 9.17) is 24.9 Å². The number of rotatable bonds is 6. The molecule has 59 heavy (non-hydrogen) atoms. The summed E-state index contributed by atoms with van der Waals surface area (Å²) in [5, 5.41) is 4.40. The van der Waals surface area contributed by atoms with Crippen molar-refractivity contribution in [2.45, 2.75) is 13.8 Å². The third-order valence-electron chi connectivity index (χ3n) is 10.5. The van der Waals surface area contributed by atoms with Gasteiger partial charge >= 0.3 is 0 Å². The second-order valence-electron chi connectivity index (χ2n) is 13.8. The van der Waals surface area contributed by atoms with Gasteiger partial charge in [-0.1, -0.05) is 129 Å². The van der Waals surface area contributed by atoms with Gasteiger partial charge in [-0.3, -0.25) is 14.5 Å². The Morgan fingerprint density at radius 3 is 1.29 bits per heavy atom. The second-order valence-corrected chi connectivity index (χ2v) is 13.8. The molecule has 0 saturated carbocycles. The third kappa shape index (κ3) is 6.49. The Morgan fingerprint density at radius 1 is 0.373 bits per heavy atom. The molecule has 7 nitrogen and oxygen atoms in total. The maximum Gasteiger partial charge on any atom is 0.238 e. The highest BCUT2D eigenvalue weighted by atomic mass is 32.1. The fraction of sp³-hybridized carbons (Fsp3) is 0.0392. The van der Waals surface area contributed by atoms with Crippen LogP contribution in [-0.2, 0) is 0 Å². The van der Waals surface area contributed by atoms with E-state index in [-0.39, 0.29) is 13.5 Å². The number of nitrogens with zero attached hydrogens (tertiary/aromatic N) is 7. The minimum atomic E-state index is 0. The van der Waals surface area contributed by atoms with Crippen LogP contribution in [0.1, 0.15) is 13.8 Å². The van der Waals surface area contributed by atoms with E-state index in [1.54, 1.807) is 0 Å². The van der Waals surface area contributed by atoms with Gasteiger partial charge in [-0.2, -0.15) is 23.5 Å².